The van der Waals surface area contributed by atoms with E-state index >= 15 is 0 Å². The van der Waals surface area contributed by atoms with Crippen molar-refractivity contribution < 1.29 is 0 Å². The second-order valence-electron chi connectivity index (χ2n) is 8.07. The lowest BCUT2D eigenvalue weighted by Gasteiger charge is -2.27. The third-order valence-electron chi connectivity index (χ3n) is 5.89. The fourth-order valence-corrected chi connectivity index (χ4v) is 3.85. The van der Waals surface area contributed by atoms with E-state index in [2.05, 4.69) is 46.2 Å². The van der Waals surface area contributed by atoms with Crippen molar-refractivity contribution >= 4 is 22.9 Å². The molecule has 4 rings (SSSR count). The van der Waals surface area contributed by atoms with E-state index in [4.69, 9.17) is 15.7 Å². The van der Waals surface area contributed by atoms with Crippen molar-refractivity contribution in [2.24, 2.45) is 5.73 Å². The smallest absolute Gasteiger partial charge is 0.227 e. The second kappa shape index (κ2) is 8.78. The van der Waals surface area contributed by atoms with E-state index in [9.17, 15) is 0 Å². The molecule has 0 spiro atoms. The van der Waals surface area contributed by atoms with Crippen molar-refractivity contribution in [1.82, 2.24) is 19.5 Å². The van der Waals surface area contributed by atoms with E-state index in [-0.39, 0.29) is 0 Å². The van der Waals surface area contributed by atoms with Crippen LogP contribution in [0.15, 0.2) is 36.7 Å². The molecule has 4 N–H and O–H groups in total. The van der Waals surface area contributed by atoms with Gasteiger partial charge in [0.2, 0.25) is 5.95 Å². The van der Waals surface area contributed by atoms with E-state index in [1.807, 2.05) is 24.5 Å². The van der Waals surface area contributed by atoms with E-state index in [0.717, 1.165) is 49.1 Å². The molecule has 0 aliphatic heterocycles. The van der Waals surface area contributed by atoms with Crippen molar-refractivity contribution in [3.05, 3.63) is 42.2 Å². The Morgan fingerprint density at radius 2 is 1.90 bits per heavy atom. The minimum Gasteiger partial charge on any atom is -0.364 e. The number of nitrogens with zero attached hydrogens (tertiary/aromatic N) is 4. The van der Waals surface area contributed by atoms with Crippen LogP contribution in [0.5, 0.6) is 0 Å². The zero-order valence-electron chi connectivity index (χ0n) is 17.3. The quantitative estimate of drug-likeness (QED) is 0.560. The molecule has 0 radical (unpaired) electrons. The molecule has 2 aromatic heterocycles. The predicted octanol–water partition coefficient (Wildman–Crippen LogP) is 4.09. The monoisotopic (exact) mass is 393 g/mol. The molecule has 1 aromatic carbocycles. The molecule has 1 saturated carbocycles. The van der Waals surface area contributed by atoms with Gasteiger partial charge in [0.05, 0.1) is 6.33 Å². The molecule has 1 atom stereocenters. The molecule has 0 amide bonds. The van der Waals surface area contributed by atoms with Gasteiger partial charge in [0.25, 0.3) is 0 Å². The van der Waals surface area contributed by atoms with Crippen LogP contribution in [-0.4, -0.2) is 31.6 Å². The molecule has 1 aliphatic carbocycles. The van der Waals surface area contributed by atoms with Gasteiger partial charge >= 0.3 is 0 Å². The van der Waals surface area contributed by atoms with E-state index in [1.165, 1.54) is 5.56 Å². The fraction of sp³-hybridized carbons (Fsp3) is 0.500. The summed E-state index contributed by atoms with van der Waals surface area (Å²) in [6.07, 6.45) is 7.10. The maximum atomic E-state index is 6.06. The normalized spacial score (nSPS) is 20.5. The first kappa shape index (κ1) is 19.6. The molecule has 1 aliphatic rings. The average molecular weight is 394 g/mol. The van der Waals surface area contributed by atoms with E-state index in [0.29, 0.717) is 30.6 Å². The zero-order valence-corrected chi connectivity index (χ0v) is 17.3. The summed E-state index contributed by atoms with van der Waals surface area (Å²) in [7, 11) is 0. The highest BCUT2D eigenvalue weighted by Gasteiger charge is 2.21. The van der Waals surface area contributed by atoms with Gasteiger partial charge in [-0.25, -0.2) is 4.98 Å². The Labute approximate surface area is 172 Å². The Morgan fingerprint density at radius 1 is 1.14 bits per heavy atom. The van der Waals surface area contributed by atoms with E-state index < -0.39 is 0 Å². The number of nitrogens with one attached hydrogen (secondary N) is 2. The lowest BCUT2D eigenvalue weighted by Crippen LogP contribution is -2.33. The summed E-state index contributed by atoms with van der Waals surface area (Å²) >= 11 is 0. The maximum Gasteiger partial charge on any atom is 0.227 e. The van der Waals surface area contributed by atoms with Crippen molar-refractivity contribution in [1.29, 1.82) is 0 Å². The lowest BCUT2D eigenvalue weighted by molar-refractivity contribution is 0.410. The molecule has 2 heterocycles. The van der Waals surface area contributed by atoms with Crippen molar-refractivity contribution in [3.63, 3.8) is 0 Å². The number of aromatic nitrogens is 4. The first-order chi connectivity index (χ1) is 14.1. The number of rotatable bonds is 7. The molecule has 3 aromatic rings. The largest absolute Gasteiger partial charge is 0.364 e. The van der Waals surface area contributed by atoms with Gasteiger partial charge in [-0.3, -0.25) is 0 Å². The number of imidazole rings is 1. The van der Waals surface area contributed by atoms with Crippen LogP contribution in [0, 0.1) is 0 Å². The molecule has 0 bridgehead atoms. The summed E-state index contributed by atoms with van der Waals surface area (Å²) in [5.74, 6) is 1.44. The van der Waals surface area contributed by atoms with Gasteiger partial charge in [0.15, 0.2) is 17.0 Å². The third-order valence-corrected chi connectivity index (χ3v) is 5.89. The Kier molecular flexibility index (Phi) is 5.94. The Morgan fingerprint density at radius 3 is 2.62 bits per heavy atom. The topological polar surface area (TPSA) is 93.7 Å². The van der Waals surface area contributed by atoms with Crippen LogP contribution in [0.4, 0.5) is 11.8 Å². The van der Waals surface area contributed by atoms with Crippen LogP contribution in [0.25, 0.3) is 11.2 Å². The van der Waals surface area contributed by atoms with Crippen molar-refractivity contribution in [2.45, 2.75) is 70.6 Å². The SMILES string of the molecule is CCC(C)n1cnc2c(NCc3ccccc3)nc(N[C@H]3CC[C@H](N)CC3)nc21. The van der Waals surface area contributed by atoms with Gasteiger partial charge < -0.3 is 20.9 Å². The molecule has 0 saturated heterocycles. The van der Waals surface area contributed by atoms with Crippen molar-refractivity contribution in [2.75, 3.05) is 10.6 Å². The van der Waals surface area contributed by atoms with Crippen molar-refractivity contribution in [3.8, 4) is 0 Å². The summed E-state index contributed by atoms with van der Waals surface area (Å²) < 4.78 is 2.15. The highest BCUT2D eigenvalue weighted by Crippen LogP contribution is 2.26. The predicted molar refractivity (Wildman–Crippen MR) is 118 cm³/mol. The third kappa shape index (κ3) is 4.50. The second-order valence-corrected chi connectivity index (χ2v) is 8.07. The van der Waals surface area contributed by atoms with Crippen LogP contribution in [0.3, 0.4) is 0 Å². The zero-order chi connectivity index (χ0) is 20.2. The highest BCUT2D eigenvalue weighted by molar-refractivity contribution is 5.84. The van der Waals surface area contributed by atoms with Gasteiger partial charge in [-0.05, 0) is 44.6 Å². The number of anilines is 2. The maximum absolute atomic E-state index is 6.06. The summed E-state index contributed by atoms with van der Waals surface area (Å²) in [4.78, 5) is 14.3. The Balaban J connectivity index is 1.63. The molecule has 1 fully saturated rings. The number of hydrogen-bond acceptors (Lipinski definition) is 6. The molecular formula is C22H31N7. The molecule has 7 heteroatoms. The summed E-state index contributed by atoms with van der Waals surface area (Å²) in [5, 5.41) is 7.02. The number of nitrogens with two attached hydrogens (primary N) is 1. The standard InChI is InChI=1S/C22H31N7/c1-3-15(2)29-14-25-19-20(24-13-16-7-5-4-6-8-16)27-22(28-21(19)29)26-18-11-9-17(23)10-12-18/h4-8,14-15,17-18H,3,9-13,23H2,1-2H3,(H2,24,26,27,28)/t15?,17-,18-. The van der Waals surface area contributed by atoms with Crippen LogP contribution >= 0.6 is 0 Å². The van der Waals surface area contributed by atoms with Gasteiger partial charge in [0, 0.05) is 24.7 Å². The Bertz CT molecular complexity index is 929. The van der Waals surface area contributed by atoms with Gasteiger partial charge in [-0.15, -0.1) is 0 Å². The van der Waals surface area contributed by atoms with Crippen LogP contribution in [-0.2, 0) is 6.54 Å². The molecule has 154 valence electrons. The lowest BCUT2D eigenvalue weighted by atomic mass is 9.92. The minimum absolute atomic E-state index is 0.325. The summed E-state index contributed by atoms with van der Waals surface area (Å²) in [5.41, 5.74) is 8.95. The number of hydrogen-bond donors (Lipinski definition) is 3. The van der Waals surface area contributed by atoms with Gasteiger partial charge in [0.1, 0.15) is 0 Å². The molecule has 1 unspecified atom stereocenters. The van der Waals surface area contributed by atoms with E-state index in [1.54, 1.807) is 0 Å². The van der Waals surface area contributed by atoms with Crippen LogP contribution in [0.2, 0.25) is 0 Å². The number of fused-ring (bicyclic) bond motifs is 1. The average Bonchev–Trinajstić information content (AvgIpc) is 3.18. The molecular weight excluding hydrogens is 362 g/mol. The first-order valence-corrected chi connectivity index (χ1v) is 10.7. The summed E-state index contributed by atoms with van der Waals surface area (Å²) in [6.45, 7) is 5.06. The molecule has 7 nitrogen and oxygen atoms in total. The van der Waals surface area contributed by atoms with Gasteiger partial charge in [-0.2, -0.15) is 9.97 Å². The fourth-order valence-electron chi connectivity index (χ4n) is 3.85. The highest BCUT2D eigenvalue weighted by atomic mass is 15.2. The summed E-state index contributed by atoms with van der Waals surface area (Å²) in [6, 6.07) is 11.4. The van der Waals surface area contributed by atoms with Crippen LogP contribution in [0.1, 0.15) is 57.6 Å². The van der Waals surface area contributed by atoms with Gasteiger partial charge in [-0.1, -0.05) is 37.3 Å². The number of benzene rings is 1. The molecule has 29 heavy (non-hydrogen) atoms. The minimum atomic E-state index is 0.325. The first-order valence-electron chi connectivity index (χ1n) is 10.7. The van der Waals surface area contributed by atoms with Crippen LogP contribution < -0.4 is 16.4 Å². The Hall–Kier alpha value is -2.67.